The molecule has 0 saturated heterocycles. The number of benzene rings is 2. The fourth-order valence-corrected chi connectivity index (χ4v) is 3.89. The molecule has 2 aromatic carbocycles. The minimum atomic E-state index is -0.172. The Bertz CT molecular complexity index is 1110. The molecule has 2 heterocycles. The summed E-state index contributed by atoms with van der Waals surface area (Å²) in [6.45, 7) is 1.18. The van der Waals surface area contributed by atoms with Crippen LogP contribution >= 0.6 is 11.6 Å². The van der Waals surface area contributed by atoms with Crippen LogP contribution in [0.1, 0.15) is 16.8 Å². The first kappa shape index (κ1) is 20.0. The third-order valence-electron chi connectivity index (χ3n) is 5.11. The Hall–Kier alpha value is -3.26. The van der Waals surface area contributed by atoms with Gasteiger partial charge in [-0.05, 0) is 23.2 Å². The van der Waals surface area contributed by atoms with Crippen LogP contribution in [0, 0.1) is 0 Å². The van der Waals surface area contributed by atoms with Crippen LogP contribution in [-0.2, 0) is 19.6 Å². The van der Waals surface area contributed by atoms with Crippen molar-refractivity contribution >= 4 is 36.9 Å². The number of carbonyl (C=O) groups excluding carboxylic acids is 1. The molecule has 0 unspecified atom stereocenters. The van der Waals surface area contributed by atoms with Gasteiger partial charge in [-0.15, -0.1) is 0 Å². The van der Waals surface area contributed by atoms with Gasteiger partial charge in [-0.3, -0.25) is 0 Å². The number of nitrogen functional groups attached to an aromatic ring is 1. The van der Waals surface area contributed by atoms with Crippen molar-refractivity contribution in [3.63, 3.8) is 0 Å². The lowest BCUT2D eigenvalue weighted by Crippen LogP contribution is -2.36. The number of methoxy groups -OCH3 is 1. The van der Waals surface area contributed by atoms with E-state index in [2.05, 4.69) is 15.3 Å². The van der Waals surface area contributed by atoms with Gasteiger partial charge in [0.15, 0.2) is 0 Å². The number of fused-ring (bicyclic) bond motifs is 1. The quantitative estimate of drug-likeness (QED) is 0.627. The molecule has 3 N–H and O–H groups in total. The lowest BCUT2D eigenvalue weighted by Gasteiger charge is -2.16. The summed E-state index contributed by atoms with van der Waals surface area (Å²) in [4.78, 5) is 23.2. The number of ether oxygens (including phenoxy) is 1. The molecule has 0 spiro atoms. The van der Waals surface area contributed by atoms with Crippen LogP contribution in [0.3, 0.4) is 0 Å². The Morgan fingerprint density at radius 1 is 1.27 bits per heavy atom. The van der Waals surface area contributed by atoms with Crippen LogP contribution in [0.4, 0.5) is 10.7 Å². The van der Waals surface area contributed by atoms with E-state index in [1.54, 1.807) is 12.0 Å². The highest BCUT2D eigenvalue weighted by Gasteiger charge is 2.29. The molecule has 0 saturated carbocycles. The molecule has 3 aromatic rings. The van der Waals surface area contributed by atoms with E-state index in [4.69, 9.17) is 22.1 Å². The van der Waals surface area contributed by atoms with Crippen molar-refractivity contribution in [2.24, 2.45) is 0 Å². The fourth-order valence-electron chi connectivity index (χ4n) is 3.58. The van der Waals surface area contributed by atoms with Gasteiger partial charge in [-0.1, -0.05) is 41.9 Å². The van der Waals surface area contributed by atoms with Gasteiger partial charge in [-0.2, -0.15) is 0 Å². The molecule has 1 aromatic heterocycles. The zero-order chi connectivity index (χ0) is 21.3. The van der Waals surface area contributed by atoms with Gasteiger partial charge in [0.25, 0.3) is 0 Å². The van der Waals surface area contributed by atoms with E-state index in [0.29, 0.717) is 41.7 Å². The first-order valence-electron chi connectivity index (χ1n) is 9.52. The first-order chi connectivity index (χ1) is 14.5. The number of aromatic nitrogens is 2. The molecule has 7 nitrogen and oxygen atoms in total. The Morgan fingerprint density at radius 2 is 2.03 bits per heavy atom. The van der Waals surface area contributed by atoms with Crippen LogP contribution in [0.2, 0.25) is 5.02 Å². The van der Waals surface area contributed by atoms with Gasteiger partial charge in [0.1, 0.15) is 13.6 Å². The minimum absolute atomic E-state index is 0.144. The number of urea groups is 1. The van der Waals surface area contributed by atoms with E-state index < -0.39 is 0 Å². The van der Waals surface area contributed by atoms with Crippen LogP contribution in [0.25, 0.3) is 11.3 Å². The molecule has 152 valence electrons. The summed E-state index contributed by atoms with van der Waals surface area (Å²) in [7, 11) is 3.53. The van der Waals surface area contributed by atoms with Crippen LogP contribution < -0.4 is 21.3 Å². The first-order valence-corrected chi connectivity index (χ1v) is 9.90. The Balaban J connectivity index is 1.60. The number of nitrogens with zero attached hydrogens (tertiary/aromatic N) is 3. The number of halogens is 1. The van der Waals surface area contributed by atoms with Crippen molar-refractivity contribution in [2.75, 3.05) is 12.8 Å². The SMILES string of the molecule is Bc1cc(Cl)c(-c2nc(N)nc3c2CN(C(=O)NCc2ccccc2)C3)cc1OC. The molecule has 9 heteroatoms. The summed E-state index contributed by atoms with van der Waals surface area (Å²) in [5.41, 5.74) is 10.8. The molecule has 0 radical (unpaired) electrons. The molecule has 1 aliphatic rings. The summed E-state index contributed by atoms with van der Waals surface area (Å²) < 4.78 is 5.44. The lowest BCUT2D eigenvalue weighted by atomic mass is 9.92. The van der Waals surface area contributed by atoms with Gasteiger partial charge in [0, 0.05) is 22.7 Å². The van der Waals surface area contributed by atoms with E-state index in [9.17, 15) is 4.79 Å². The maximum atomic E-state index is 12.7. The van der Waals surface area contributed by atoms with Crippen LogP contribution in [0.15, 0.2) is 42.5 Å². The molecule has 0 aliphatic carbocycles. The number of rotatable bonds is 4. The van der Waals surface area contributed by atoms with Crippen molar-refractivity contribution in [3.05, 3.63) is 64.3 Å². The van der Waals surface area contributed by atoms with Crippen molar-refractivity contribution < 1.29 is 9.53 Å². The molecule has 0 fully saturated rings. The maximum absolute atomic E-state index is 12.7. The predicted molar refractivity (Wildman–Crippen MR) is 120 cm³/mol. The van der Waals surface area contributed by atoms with Gasteiger partial charge >= 0.3 is 6.03 Å². The molecular formula is C21H21BClN5O2. The van der Waals surface area contributed by atoms with Gasteiger partial charge in [-0.25, -0.2) is 14.8 Å². The number of hydrogen-bond donors (Lipinski definition) is 2. The van der Waals surface area contributed by atoms with Crippen molar-refractivity contribution in [2.45, 2.75) is 19.6 Å². The molecule has 30 heavy (non-hydrogen) atoms. The second-order valence-electron chi connectivity index (χ2n) is 7.16. The number of carbonyl (C=O) groups is 1. The average molecular weight is 422 g/mol. The number of hydrogen-bond acceptors (Lipinski definition) is 5. The number of nitrogens with two attached hydrogens (primary N) is 1. The van der Waals surface area contributed by atoms with Crippen molar-refractivity contribution in [3.8, 4) is 17.0 Å². The standard InChI is InChI=1S/C21H21BClN5O2/c1-30-18-7-13(16(23)8-15(18)22)19-14-10-28(11-17(14)26-20(24)27-19)21(29)25-9-12-5-3-2-4-6-12/h2-8H,9-11,22H2,1H3,(H,25,29)(H2,24,26,27). The van der Waals surface area contributed by atoms with E-state index in [1.807, 2.05) is 50.3 Å². The third kappa shape index (κ3) is 3.91. The lowest BCUT2D eigenvalue weighted by molar-refractivity contribution is 0.198. The summed E-state index contributed by atoms with van der Waals surface area (Å²) in [5.74, 6) is 0.849. The Morgan fingerprint density at radius 3 is 2.77 bits per heavy atom. The van der Waals surface area contributed by atoms with Crippen LogP contribution in [0.5, 0.6) is 5.75 Å². The van der Waals surface area contributed by atoms with Crippen LogP contribution in [-0.4, -0.2) is 35.9 Å². The van der Waals surface area contributed by atoms with Gasteiger partial charge < -0.3 is 20.7 Å². The molecule has 0 atom stereocenters. The topological polar surface area (TPSA) is 93.4 Å². The van der Waals surface area contributed by atoms with Gasteiger partial charge in [0.05, 0.1) is 31.6 Å². The monoisotopic (exact) mass is 421 g/mol. The minimum Gasteiger partial charge on any atom is -0.497 e. The second-order valence-corrected chi connectivity index (χ2v) is 7.56. The maximum Gasteiger partial charge on any atom is 0.318 e. The fraction of sp³-hybridized carbons (Fsp3) is 0.190. The molecule has 2 amide bonds. The predicted octanol–water partition coefficient (Wildman–Crippen LogP) is 1.87. The van der Waals surface area contributed by atoms with E-state index in [-0.39, 0.29) is 12.0 Å². The Labute approximate surface area is 180 Å². The summed E-state index contributed by atoms with van der Waals surface area (Å²) in [6, 6.07) is 13.3. The molecular weight excluding hydrogens is 401 g/mol. The highest BCUT2D eigenvalue weighted by Crippen LogP contribution is 2.36. The second kappa shape index (κ2) is 8.24. The number of anilines is 1. The normalized spacial score (nSPS) is 12.5. The van der Waals surface area contributed by atoms with Gasteiger partial charge in [0.2, 0.25) is 5.95 Å². The third-order valence-corrected chi connectivity index (χ3v) is 5.43. The Kier molecular flexibility index (Phi) is 5.50. The average Bonchev–Trinajstić information content (AvgIpc) is 3.16. The molecule has 4 rings (SSSR count). The summed E-state index contributed by atoms with van der Waals surface area (Å²) >= 11 is 6.51. The number of amides is 2. The highest BCUT2D eigenvalue weighted by atomic mass is 35.5. The van der Waals surface area contributed by atoms with Crippen molar-refractivity contribution in [1.29, 1.82) is 0 Å². The zero-order valence-corrected chi connectivity index (χ0v) is 17.5. The van der Waals surface area contributed by atoms with E-state index in [1.165, 1.54) is 0 Å². The van der Waals surface area contributed by atoms with E-state index >= 15 is 0 Å². The summed E-state index contributed by atoms with van der Waals surface area (Å²) in [5, 5.41) is 3.49. The molecule has 1 aliphatic heterocycles. The molecule has 0 bridgehead atoms. The van der Waals surface area contributed by atoms with Crippen molar-refractivity contribution in [1.82, 2.24) is 20.2 Å². The largest absolute Gasteiger partial charge is 0.497 e. The highest BCUT2D eigenvalue weighted by molar-refractivity contribution is 6.39. The summed E-state index contributed by atoms with van der Waals surface area (Å²) in [6.07, 6.45) is 0. The van der Waals surface area contributed by atoms with E-state index in [0.717, 1.165) is 22.3 Å². The zero-order valence-electron chi connectivity index (χ0n) is 16.8. The number of nitrogens with one attached hydrogen (secondary N) is 1. The smallest absolute Gasteiger partial charge is 0.318 e.